The summed E-state index contributed by atoms with van der Waals surface area (Å²) >= 11 is 0. The van der Waals surface area contributed by atoms with E-state index in [0.717, 1.165) is 23.4 Å². The first-order chi connectivity index (χ1) is 12.9. The van der Waals surface area contributed by atoms with Gasteiger partial charge in [-0.2, -0.15) is 0 Å². The first-order valence-corrected chi connectivity index (χ1v) is 9.28. The Balaban J connectivity index is 1.70. The van der Waals surface area contributed by atoms with Crippen LogP contribution in [0.1, 0.15) is 38.5 Å². The van der Waals surface area contributed by atoms with Crippen molar-refractivity contribution in [1.29, 1.82) is 0 Å². The highest BCUT2D eigenvalue weighted by Gasteiger charge is 2.25. The van der Waals surface area contributed by atoms with E-state index in [2.05, 4.69) is 0 Å². The van der Waals surface area contributed by atoms with E-state index in [9.17, 15) is 9.59 Å². The lowest BCUT2D eigenvalue weighted by Crippen LogP contribution is -2.37. The molecule has 2 amide bonds. The average Bonchev–Trinajstić information content (AvgIpc) is 2.88. The summed E-state index contributed by atoms with van der Waals surface area (Å²) in [7, 11) is 3.56. The summed E-state index contributed by atoms with van der Waals surface area (Å²) in [5.41, 5.74) is 3.41. The monoisotopic (exact) mass is 369 g/mol. The zero-order valence-electron chi connectivity index (χ0n) is 16.5. The molecule has 1 saturated heterocycles. The number of methoxy groups -OCH3 is 1. The number of rotatable bonds is 3. The summed E-state index contributed by atoms with van der Waals surface area (Å²) in [4.78, 5) is 29.5. The first kappa shape index (κ1) is 19.0. The number of hydrogen-bond donors (Lipinski definition) is 0. The molecule has 0 saturated carbocycles. The SMILES string of the molecule is COc1cccc(C(=O)N2CCCN(C(=O)c3cc(C)n(C)c3C)CC2)c1. The highest BCUT2D eigenvalue weighted by molar-refractivity contribution is 5.96. The van der Waals surface area contributed by atoms with Crippen molar-refractivity contribution in [2.75, 3.05) is 33.3 Å². The van der Waals surface area contributed by atoms with Gasteiger partial charge in [-0.1, -0.05) is 6.07 Å². The predicted molar refractivity (Wildman–Crippen MR) is 104 cm³/mol. The minimum Gasteiger partial charge on any atom is -0.497 e. The third-order valence-corrected chi connectivity index (χ3v) is 5.39. The Morgan fingerprint density at radius 2 is 1.63 bits per heavy atom. The van der Waals surface area contributed by atoms with E-state index in [1.165, 1.54) is 0 Å². The lowest BCUT2D eigenvalue weighted by Gasteiger charge is -2.22. The Morgan fingerprint density at radius 1 is 0.963 bits per heavy atom. The predicted octanol–water partition coefficient (Wildman–Crippen LogP) is 2.64. The van der Waals surface area contributed by atoms with Crippen molar-refractivity contribution in [3.05, 3.63) is 52.8 Å². The molecule has 6 nitrogen and oxygen atoms in total. The van der Waals surface area contributed by atoms with Crippen LogP contribution in [0.5, 0.6) is 5.75 Å². The van der Waals surface area contributed by atoms with Gasteiger partial charge >= 0.3 is 0 Å². The maximum atomic E-state index is 13.0. The molecule has 6 heteroatoms. The maximum absolute atomic E-state index is 13.0. The van der Waals surface area contributed by atoms with Gasteiger partial charge in [-0.15, -0.1) is 0 Å². The molecule has 0 atom stereocenters. The minimum atomic E-state index is -0.0186. The molecule has 0 spiro atoms. The van der Waals surface area contributed by atoms with Crippen LogP contribution in [0.3, 0.4) is 0 Å². The number of nitrogens with zero attached hydrogens (tertiary/aromatic N) is 3. The maximum Gasteiger partial charge on any atom is 0.255 e. The fourth-order valence-electron chi connectivity index (χ4n) is 3.50. The highest BCUT2D eigenvalue weighted by Crippen LogP contribution is 2.19. The molecule has 0 unspecified atom stereocenters. The third kappa shape index (κ3) is 3.84. The summed E-state index contributed by atoms with van der Waals surface area (Å²) < 4.78 is 7.24. The molecule has 0 radical (unpaired) electrons. The summed E-state index contributed by atoms with van der Waals surface area (Å²) in [5.74, 6) is 0.698. The summed E-state index contributed by atoms with van der Waals surface area (Å²) in [6.45, 7) is 6.35. The second-order valence-corrected chi connectivity index (χ2v) is 7.01. The van der Waals surface area contributed by atoms with Crippen molar-refractivity contribution >= 4 is 11.8 Å². The van der Waals surface area contributed by atoms with Crippen molar-refractivity contribution in [1.82, 2.24) is 14.4 Å². The highest BCUT2D eigenvalue weighted by atomic mass is 16.5. The van der Waals surface area contributed by atoms with Gasteiger partial charge in [-0.25, -0.2) is 0 Å². The van der Waals surface area contributed by atoms with Crippen molar-refractivity contribution in [3.8, 4) is 5.75 Å². The van der Waals surface area contributed by atoms with Crippen LogP contribution >= 0.6 is 0 Å². The smallest absolute Gasteiger partial charge is 0.255 e. The quantitative estimate of drug-likeness (QED) is 0.836. The molecule has 27 heavy (non-hydrogen) atoms. The third-order valence-electron chi connectivity index (χ3n) is 5.39. The second-order valence-electron chi connectivity index (χ2n) is 7.01. The van der Waals surface area contributed by atoms with Gasteiger partial charge in [0, 0.05) is 50.2 Å². The van der Waals surface area contributed by atoms with Gasteiger partial charge in [0.05, 0.1) is 12.7 Å². The standard InChI is InChI=1S/C21H27N3O3/c1-15-13-19(16(2)22(15)3)21(26)24-10-6-9-23(11-12-24)20(25)17-7-5-8-18(14-17)27-4/h5,7-8,13-14H,6,9-12H2,1-4H3. The van der Waals surface area contributed by atoms with Crippen molar-refractivity contribution < 1.29 is 14.3 Å². The van der Waals surface area contributed by atoms with E-state index in [-0.39, 0.29) is 11.8 Å². The van der Waals surface area contributed by atoms with E-state index in [4.69, 9.17) is 4.74 Å². The largest absolute Gasteiger partial charge is 0.497 e. The zero-order valence-corrected chi connectivity index (χ0v) is 16.5. The lowest BCUT2D eigenvalue weighted by molar-refractivity contribution is 0.0718. The molecule has 3 rings (SSSR count). The first-order valence-electron chi connectivity index (χ1n) is 9.28. The number of carbonyl (C=O) groups excluding carboxylic acids is 2. The number of amides is 2. The van der Waals surface area contributed by atoms with E-state index in [0.29, 0.717) is 37.5 Å². The number of aryl methyl sites for hydroxylation is 1. The molecule has 2 heterocycles. The number of carbonyl (C=O) groups is 2. The van der Waals surface area contributed by atoms with Gasteiger partial charge in [0.25, 0.3) is 11.8 Å². The Bertz CT molecular complexity index is 856. The normalized spacial score (nSPS) is 14.8. The molecule has 1 aromatic carbocycles. The van der Waals surface area contributed by atoms with Crippen molar-refractivity contribution in [2.24, 2.45) is 7.05 Å². The van der Waals surface area contributed by atoms with Gasteiger partial charge < -0.3 is 19.1 Å². The van der Waals surface area contributed by atoms with Gasteiger partial charge in [0.2, 0.25) is 0 Å². The fourth-order valence-corrected chi connectivity index (χ4v) is 3.50. The fraction of sp³-hybridized carbons (Fsp3) is 0.429. The number of aromatic nitrogens is 1. The van der Waals surface area contributed by atoms with Crippen molar-refractivity contribution in [3.63, 3.8) is 0 Å². The molecule has 1 aliphatic heterocycles. The minimum absolute atomic E-state index is 0.0186. The van der Waals surface area contributed by atoms with E-state index >= 15 is 0 Å². The molecule has 1 aromatic heterocycles. The van der Waals surface area contributed by atoms with Crippen LogP contribution in [-0.4, -0.2) is 59.5 Å². The van der Waals surface area contributed by atoms with Gasteiger partial charge in [0.1, 0.15) is 5.75 Å². The van der Waals surface area contributed by atoms with Gasteiger partial charge in [-0.05, 0) is 44.5 Å². The van der Waals surface area contributed by atoms with Crippen LogP contribution in [0.4, 0.5) is 0 Å². The van der Waals surface area contributed by atoms with Crippen LogP contribution in [0, 0.1) is 13.8 Å². The summed E-state index contributed by atoms with van der Waals surface area (Å²) in [6.07, 6.45) is 0.770. The second kappa shape index (κ2) is 7.86. The molecule has 0 N–H and O–H groups in total. The van der Waals surface area contributed by atoms with Gasteiger partial charge in [-0.3, -0.25) is 9.59 Å². The Kier molecular flexibility index (Phi) is 5.54. The summed E-state index contributed by atoms with van der Waals surface area (Å²) in [6, 6.07) is 9.15. The Hall–Kier alpha value is -2.76. The van der Waals surface area contributed by atoms with Gasteiger partial charge in [0.15, 0.2) is 0 Å². The molecule has 144 valence electrons. The number of ether oxygens (including phenoxy) is 1. The molecule has 0 bridgehead atoms. The van der Waals surface area contributed by atoms with Crippen LogP contribution in [-0.2, 0) is 7.05 Å². The van der Waals surface area contributed by atoms with E-state index in [1.807, 2.05) is 53.5 Å². The number of hydrogen-bond acceptors (Lipinski definition) is 3. The molecule has 1 fully saturated rings. The van der Waals surface area contributed by atoms with E-state index in [1.54, 1.807) is 19.2 Å². The average molecular weight is 369 g/mol. The lowest BCUT2D eigenvalue weighted by atomic mass is 10.2. The number of benzene rings is 1. The molecule has 2 aromatic rings. The molecular formula is C21H27N3O3. The van der Waals surface area contributed by atoms with Crippen molar-refractivity contribution in [2.45, 2.75) is 20.3 Å². The Morgan fingerprint density at radius 3 is 2.22 bits per heavy atom. The molecular weight excluding hydrogens is 342 g/mol. The van der Waals surface area contributed by atoms with Crippen LogP contribution in [0.25, 0.3) is 0 Å². The van der Waals surface area contributed by atoms with Crippen LogP contribution in [0.2, 0.25) is 0 Å². The zero-order chi connectivity index (χ0) is 19.6. The summed E-state index contributed by atoms with van der Waals surface area (Å²) in [5, 5.41) is 0. The van der Waals surface area contributed by atoms with Crippen LogP contribution < -0.4 is 4.74 Å². The Labute approximate surface area is 160 Å². The molecule has 1 aliphatic rings. The van der Waals surface area contributed by atoms with E-state index < -0.39 is 0 Å². The molecule has 0 aliphatic carbocycles. The topological polar surface area (TPSA) is 54.8 Å². The van der Waals surface area contributed by atoms with Crippen LogP contribution in [0.15, 0.2) is 30.3 Å².